The zero-order chi connectivity index (χ0) is 31.6. The molecule has 0 aromatic heterocycles. The first-order valence-corrected chi connectivity index (χ1v) is 11.5. The third-order valence-electron chi connectivity index (χ3n) is 5.81. The second-order valence-electron chi connectivity index (χ2n) is 8.41. The van der Waals surface area contributed by atoms with Gasteiger partial charge < -0.3 is 20.1 Å². The molecule has 3 aromatic rings. The average molecular weight is 612 g/mol. The third kappa shape index (κ3) is 6.06. The van der Waals surface area contributed by atoms with E-state index in [1.54, 1.807) is 11.4 Å². The molecule has 16 heteroatoms. The molecule has 2 amide bonds. The van der Waals surface area contributed by atoms with Crippen molar-refractivity contribution < 1.29 is 63.3 Å². The van der Waals surface area contributed by atoms with Gasteiger partial charge in [0.15, 0.2) is 11.6 Å². The number of phenols is 1. The van der Waals surface area contributed by atoms with Crippen molar-refractivity contribution in [3.05, 3.63) is 83.2 Å². The Kier molecular flexibility index (Phi) is 8.98. The fraction of sp³-hybridized carbons (Fsp3) is 0.231. The van der Waals surface area contributed by atoms with Gasteiger partial charge in [0.2, 0.25) is 0 Å². The molecular formula is C26H18F10N2O4. The van der Waals surface area contributed by atoms with Gasteiger partial charge in [-0.05, 0) is 43.3 Å². The Bertz CT molecular complexity index is 1450. The number of amides is 2. The van der Waals surface area contributed by atoms with E-state index in [-0.39, 0.29) is 12.1 Å². The molecule has 0 aliphatic carbocycles. The summed E-state index contributed by atoms with van der Waals surface area (Å²) in [5, 5.41) is 11.8. The van der Waals surface area contributed by atoms with E-state index in [1.807, 2.05) is 0 Å². The Morgan fingerprint density at radius 3 is 2.05 bits per heavy atom. The van der Waals surface area contributed by atoms with E-state index in [4.69, 9.17) is 0 Å². The molecule has 0 fully saturated rings. The SMILES string of the molecule is CCN(C(=O)c1ccccc1)c1cccc(C(=O)Nc2c(O)cc(C(F)(C(F)(F)F)C(F)(F)F)cc2OC(F)F)c1F. The van der Waals surface area contributed by atoms with E-state index in [1.165, 1.54) is 31.2 Å². The molecule has 3 aromatic carbocycles. The summed E-state index contributed by atoms with van der Waals surface area (Å²) in [4.78, 5) is 26.7. The van der Waals surface area contributed by atoms with Gasteiger partial charge in [-0.2, -0.15) is 35.1 Å². The normalized spacial score (nSPS) is 12.3. The lowest BCUT2D eigenvalue weighted by Crippen LogP contribution is -2.50. The number of halogens is 10. The van der Waals surface area contributed by atoms with E-state index in [0.717, 1.165) is 23.1 Å². The van der Waals surface area contributed by atoms with Crippen molar-refractivity contribution in [1.82, 2.24) is 0 Å². The fourth-order valence-corrected chi connectivity index (χ4v) is 3.85. The summed E-state index contributed by atoms with van der Waals surface area (Å²) in [6.07, 6.45) is -13.3. The summed E-state index contributed by atoms with van der Waals surface area (Å²) in [6, 6.07) is 9.77. The van der Waals surface area contributed by atoms with Crippen LogP contribution in [-0.2, 0) is 5.67 Å². The Balaban J connectivity index is 2.07. The highest BCUT2D eigenvalue weighted by molar-refractivity contribution is 6.09. The monoisotopic (exact) mass is 612 g/mol. The number of benzene rings is 3. The van der Waals surface area contributed by atoms with Crippen LogP contribution in [-0.4, -0.2) is 42.4 Å². The van der Waals surface area contributed by atoms with Gasteiger partial charge in [0, 0.05) is 17.7 Å². The predicted molar refractivity (Wildman–Crippen MR) is 128 cm³/mol. The first-order valence-electron chi connectivity index (χ1n) is 11.5. The van der Waals surface area contributed by atoms with Crippen molar-refractivity contribution in [1.29, 1.82) is 0 Å². The van der Waals surface area contributed by atoms with E-state index < -0.39 is 88.4 Å². The molecule has 6 nitrogen and oxygen atoms in total. The molecule has 0 aliphatic heterocycles. The maximum absolute atomic E-state index is 15.5. The zero-order valence-corrected chi connectivity index (χ0v) is 21.0. The maximum atomic E-state index is 15.5. The number of nitrogens with zero attached hydrogens (tertiary/aromatic N) is 1. The van der Waals surface area contributed by atoms with Crippen LogP contribution in [0.2, 0.25) is 0 Å². The minimum atomic E-state index is -6.67. The number of alkyl halides is 9. The van der Waals surface area contributed by atoms with Crippen LogP contribution in [0.15, 0.2) is 60.7 Å². The largest absolute Gasteiger partial charge is 0.506 e. The highest BCUT2D eigenvalue weighted by atomic mass is 19.4. The molecule has 2 N–H and O–H groups in total. The lowest BCUT2D eigenvalue weighted by molar-refractivity contribution is -0.348. The molecule has 0 saturated heterocycles. The molecule has 0 heterocycles. The Morgan fingerprint density at radius 1 is 0.929 bits per heavy atom. The van der Waals surface area contributed by atoms with Crippen molar-refractivity contribution in [3.63, 3.8) is 0 Å². The quantitative estimate of drug-likeness (QED) is 0.206. The molecule has 0 unspecified atom stereocenters. The number of rotatable bonds is 8. The first kappa shape index (κ1) is 32.0. The summed E-state index contributed by atoms with van der Waals surface area (Å²) >= 11 is 0. The zero-order valence-electron chi connectivity index (χ0n) is 21.0. The number of hydrogen-bond donors (Lipinski definition) is 2. The fourth-order valence-electron chi connectivity index (χ4n) is 3.85. The van der Waals surface area contributed by atoms with Crippen LogP contribution in [0.25, 0.3) is 0 Å². The maximum Gasteiger partial charge on any atom is 0.435 e. The summed E-state index contributed by atoms with van der Waals surface area (Å²) in [5.41, 5.74) is -11.0. The minimum Gasteiger partial charge on any atom is -0.506 e. The summed E-state index contributed by atoms with van der Waals surface area (Å²) in [7, 11) is 0. The van der Waals surface area contributed by atoms with Gasteiger partial charge in [0.25, 0.3) is 11.8 Å². The standard InChI is InChI=1S/C26H18F10N2O4/c1-2-38(22(41)13-7-4-3-5-8-13)16-10-6-9-15(19(16)27)21(40)37-20-17(39)11-14(12-18(20)42-23(28)29)24(30,25(31,32)33)26(34,35)36/h3-12,23,39H,2H2,1H3,(H,37,40). The van der Waals surface area contributed by atoms with E-state index in [9.17, 15) is 54.2 Å². The molecule has 0 spiro atoms. The van der Waals surface area contributed by atoms with Gasteiger partial charge >= 0.3 is 24.6 Å². The summed E-state index contributed by atoms with van der Waals surface area (Å²) < 4.78 is 139. The number of carbonyl (C=O) groups is 2. The number of aromatic hydroxyl groups is 1. The van der Waals surface area contributed by atoms with Crippen LogP contribution in [0.4, 0.5) is 55.3 Å². The molecule has 0 bridgehead atoms. The lowest BCUT2D eigenvalue weighted by atomic mass is 9.93. The second-order valence-corrected chi connectivity index (χ2v) is 8.41. The third-order valence-corrected chi connectivity index (χ3v) is 5.81. The molecule has 3 rings (SSSR count). The Morgan fingerprint density at radius 2 is 1.52 bits per heavy atom. The number of hydrogen-bond acceptors (Lipinski definition) is 4. The van der Waals surface area contributed by atoms with Crippen molar-refractivity contribution >= 4 is 23.2 Å². The van der Waals surface area contributed by atoms with Gasteiger partial charge in [0.1, 0.15) is 11.4 Å². The topological polar surface area (TPSA) is 78.9 Å². The average Bonchev–Trinajstić information content (AvgIpc) is 2.90. The number of carbonyl (C=O) groups excluding carboxylic acids is 2. The van der Waals surface area contributed by atoms with Crippen molar-refractivity contribution in [2.45, 2.75) is 31.6 Å². The molecule has 42 heavy (non-hydrogen) atoms. The van der Waals surface area contributed by atoms with Crippen LogP contribution in [0.1, 0.15) is 33.2 Å². The van der Waals surface area contributed by atoms with Crippen molar-refractivity contribution in [3.8, 4) is 11.5 Å². The van der Waals surface area contributed by atoms with Crippen molar-refractivity contribution in [2.75, 3.05) is 16.8 Å². The number of anilines is 2. The van der Waals surface area contributed by atoms with Gasteiger partial charge in [-0.3, -0.25) is 9.59 Å². The van der Waals surface area contributed by atoms with E-state index >= 15 is 4.39 Å². The second kappa shape index (κ2) is 11.8. The van der Waals surface area contributed by atoms with E-state index in [0.29, 0.717) is 0 Å². The van der Waals surface area contributed by atoms with Crippen LogP contribution >= 0.6 is 0 Å². The first-order chi connectivity index (χ1) is 19.4. The van der Waals surface area contributed by atoms with Gasteiger partial charge in [-0.25, -0.2) is 8.78 Å². The Labute approximate surface area is 230 Å². The molecule has 226 valence electrons. The van der Waals surface area contributed by atoms with Crippen molar-refractivity contribution in [2.24, 2.45) is 0 Å². The van der Waals surface area contributed by atoms with E-state index in [2.05, 4.69) is 4.74 Å². The number of phenolic OH excluding ortho intramolecular Hbond substituents is 1. The summed E-state index contributed by atoms with van der Waals surface area (Å²) in [5.74, 6) is -7.03. The molecular weight excluding hydrogens is 594 g/mol. The highest BCUT2D eigenvalue weighted by Gasteiger charge is 2.73. The molecule has 0 radical (unpaired) electrons. The molecule has 0 atom stereocenters. The van der Waals surface area contributed by atoms with Gasteiger partial charge in [0.05, 0.1) is 11.3 Å². The lowest BCUT2D eigenvalue weighted by Gasteiger charge is -2.31. The number of ether oxygens (including phenoxy) is 1. The smallest absolute Gasteiger partial charge is 0.435 e. The highest BCUT2D eigenvalue weighted by Crippen LogP contribution is 2.55. The van der Waals surface area contributed by atoms with Crippen LogP contribution in [0.5, 0.6) is 11.5 Å². The van der Waals surface area contributed by atoms with Crippen LogP contribution in [0, 0.1) is 5.82 Å². The van der Waals surface area contributed by atoms with Crippen LogP contribution in [0.3, 0.4) is 0 Å². The minimum absolute atomic E-state index is 0.103. The van der Waals surface area contributed by atoms with Crippen LogP contribution < -0.4 is 15.0 Å². The predicted octanol–water partition coefficient (Wildman–Crippen LogP) is 7.34. The van der Waals surface area contributed by atoms with Gasteiger partial charge in [-0.15, -0.1) is 0 Å². The van der Waals surface area contributed by atoms with Gasteiger partial charge in [-0.1, -0.05) is 24.3 Å². The molecule has 0 aliphatic rings. The summed E-state index contributed by atoms with van der Waals surface area (Å²) in [6.45, 7) is -2.57. The molecule has 0 saturated carbocycles. The number of nitrogens with one attached hydrogen (secondary N) is 1. The Hall–Kier alpha value is -4.50.